The molecule has 14 nitrogen and oxygen atoms in total. The van der Waals surface area contributed by atoms with Crippen molar-refractivity contribution < 1.29 is 44.1 Å². The van der Waals surface area contributed by atoms with Crippen molar-refractivity contribution in [3.05, 3.63) is 36.0 Å². The van der Waals surface area contributed by atoms with Gasteiger partial charge in [0.15, 0.2) is 0 Å². The number of rotatable bonds is 15. The highest BCUT2D eigenvalue weighted by Crippen LogP contribution is 2.19. The Kier molecular flexibility index (Phi) is 10.8. The lowest BCUT2D eigenvalue weighted by Gasteiger charge is -2.23. The molecule has 0 aliphatic rings. The van der Waals surface area contributed by atoms with Gasteiger partial charge in [0.1, 0.15) is 18.1 Å². The van der Waals surface area contributed by atoms with Crippen LogP contribution in [0.25, 0.3) is 10.9 Å². The standard InChI is InChI=1S/C24H31N5O9/c1-12(21(34)28-17(24(37)38)7-9-20(32)33)27-23(36)18(29-22(35)15(25)6-8-19(30)31)10-13-11-26-16-5-3-2-4-14(13)16/h2-5,11-12,15,17-18,26H,6-10,25H2,1H3,(H,27,36)(H,28,34)(H,29,35)(H,30,31)(H,32,33)(H,37,38). The molecule has 0 saturated heterocycles. The van der Waals surface area contributed by atoms with Gasteiger partial charge in [-0.05, 0) is 31.4 Å². The number of aromatic nitrogens is 1. The van der Waals surface area contributed by atoms with Crippen molar-refractivity contribution in [1.82, 2.24) is 20.9 Å². The van der Waals surface area contributed by atoms with E-state index in [1.54, 1.807) is 12.3 Å². The maximum Gasteiger partial charge on any atom is 0.326 e. The zero-order valence-corrected chi connectivity index (χ0v) is 20.6. The van der Waals surface area contributed by atoms with E-state index in [4.69, 9.17) is 15.9 Å². The summed E-state index contributed by atoms with van der Waals surface area (Å²) in [6.07, 6.45) is 0.310. The fourth-order valence-electron chi connectivity index (χ4n) is 3.62. The number of para-hydroxylation sites is 1. The number of benzene rings is 1. The van der Waals surface area contributed by atoms with Crippen molar-refractivity contribution in [2.75, 3.05) is 0 Å². The Hall–Kier alpha value is -4.46. The average Bonchev–Trinajstić information content (AvgIpc) is 3.26. The summed E-state index contributed by atoms with van der Waals surface area (Å²) in [4.78, 5) is 74.3. The van der Waals surface area contributed by atoms with Gasteiger partial charge in [0.2, 0.25) is 17.7 Å². The van der Waals surface area contributed by atoms with Crippen LogP contribution in [0.5, 0.6) is 0 Å². The summed E-state index contributed by atoms with van der Waals surface area (Å²) in [6, 6.07) is 2.12. The van der Waals surface area contributed by atoms with Crippen LogP contribution in [0, 0.1) is 0 Å². The first-order valence-electron chi connectivity index (χ1n) is 11.8. The van der Waals surface area contributed by atoms with E-state index in [2.05, 4.69) is 20.9 Å². The minimum Gasteiger partial charge on any atom is -0.481 e. The van der Waals surface area contributed by atoms with E-state index in [1.165, 1.54) is 6.92 Å². The first kappa shape index (κ1) is 29.8. The van der Waals surface area contributed by atoms with E-state index in [0.29, 0.717) is 5.56 Å². The zero-order chi connectivity index (χ0) is 28.4. The van der Waals surface area contributed by atoms with Crippen LogP contribution in [0.3, 0.4) is 0 Å². The molecule has 206 valence electrons. The molecule has 0 radical (unpaired) electrons. The predicted molar refractivity (Wildman–Crippen MR) is 133 cm³/mol. The Morgan fingerprint density at radius 3 is 2.08 bits per heavy atom. The first-order valence-corrected chi connectivity index (χ1v) is 11.8. The normalized spacial score (nSPS) is 14.1. The highest BCUT2D eigenvalue weighted by molar-refractivity contribution is 5.94. The summed E-state index contributed by atoms with van der Waals surface area (Å²) >= 11 is 0. The van der Waals surface area contributed by atoms with E-state index in [0.717, 1.165) is 10.9 Å². The molecular weight excluding hydrogens is 502 g/mol. The van der Waals surface area contributed by atoms with Crippen molar-refractivity contribution in [3.8, 4) is 0 Å². The van der Waals surface area contributed by atoms with Gasteiger partial charge in [0, 0.05) is 36.4 Å². The molecule has 0 spiro atoms. The SMILES string of the molecule is CC(NC(=O)C(Cc1c[nH]c2ccccc12)NC(=O)C(N)CCC(=O)O)C(=O)NC(CCC(=O)O)C(=O)O. The van der Waals surface area contributed by atoms with Crippen LogP contribution in [-0.2, 0) is 35.2 Å². The molecule has 9 N–H and O–H groups in total. The number of amides is 3. The van der Waals surface area contributed by atoms with E-state index < -0.39 is 66.2 Å². The molecular formula is C24H31N5O9. The Bertz CT molecular complexity index is 1190. The second kappa shape index (κ2) is 13.7. The number of H-pyrrole nitrogens is 1. The van der Waals surface area contributed by atoms with Crippen LogP contribution < -0.4 is 21.7 Å². The molecule has 1 heterocycles. The number of hydrogen-bond donors (Lipinski definition) is 8. The lowest BCUT2D eigenvalue weighted by Crippen LogP contribution is -2.56. The number of carboxylic acids is 3. The number of aliphatic carboxylic acids is 3. The molecule has 38 heavy (non-hydrogen) atoms. The Morgan fingerprint density at radius 2 is 1.45 bits per heavy atom. The number of carbonyl (C=O) groups excluding carboxylic acids is 3. The van der Waals surface area contributed by atoms with Gasteiger partial charge >= 0.3 is 17.9 Å². The van der Waals surface area contributed by atoms with Gasteiger partial charge in [-0.3, -0.25) is 24.0 Å². The van der Waals surface area contributed by atoms with Gasteiger partial charge < -0.3 is 42.0 Å². The van der Waals surface area contributed by atoms with Gasteiger partial charge in [-0.1, -0.05) is 18.2 Å². The van der Waals surface area contributed by atoms with Gasteiger partial charge in [-0.15, -0.1) is 0 Å². The second-order valence-electron chi connectivity index (χ2n) is 8.73. The summed E-state index contributed by atoms with van der Waals surface area (Å²) in [5.41, 5.74) is 7.25. The molecule has 14 heteroatoms. The molecule has 0 aliphatic carbocycles. The van der Waals surface area contributed by atoms with Gasteiger partial charge in [-0.2, -0.15) is 0 Å². The lowest BCUT2D eigenvalue weighted by atomic mass is 10.0. The van der Waals surface area contributed by atoms with Crippen molar-refractivity contribution in [2.24, 2.45) is 5.73 Å². The van der Waals surface area contributed by atoms with Crippen molar-refractivity contribution in [1.29, 1.82) is 0 Å². The monoisotopic (exact) mass is 533 g/mol. The van der Waals surface area contributed by atoms with E-state index in [1.807, 2.05) is 18.2 Å². The summed E-state index contributed by atoms with van der Waals surface area (Å²) in [7, 11) is 0. The zero-order valence-electron chi connectivity index (χ0n) is 20.6. The maximum absolute atomic E-state index is 13.1. The number of nitrogens with one attached hydrogen (secondary N) is 4. The van der Waals surface area contributed by atoms with E-state index in [9.17, 15) is 33.9 Å². The number of aromatic amines is 1. The number of carbonyl (C=O) groups is 6. The highest BCUT2D eigenvalue weighted by atomic mass is 16.4. The second-order valence-corrected chi connectivity index (χ2v) is 8.73. The van der Waals surface area contributed by atoms with Gasteiger partial charge in [0.05, 0.1) is 6.04 Å². The largest absolute Gasteiger partial charge is 0.481 e. The minimum absolute atomic E-state index is 0.00204. The number of carboxylic acid groups (broad SMARTS) is 3. The molecule has 0 saturated carbocycles. The number of fused-ring (bicyclic) bond motifs is 1. The third kappa shape index (κ3) is 8.89. The quantitative estimate of drug-likeness (QED) is 0.143. The molecule has 4 unspecified atom stereocenters. The van der Waals surface area contributed by atoms with Crippen molar-refractivity contribution in [3.63, 3.8) is 0 Å². The van der Waals surface area contributed by atoms with Crippen LogP contribution >= 0.6 is 0 Å². The lowest BCUT2D eigenvalue weighted by molar-refractivity contribution is -0.143. The summed E-state index contributed by atoms with van der Waals surface area (Å²) in [6.45, 7) is 1.30. The number of nitrogens with two attached hydrogens (primary N) is 1. The molecule has 2 aromatic rings. The highest BCUT2D eigenvalue weighted by Gasteiger charge is 2.29. The smallest absolute Gasteiger partial charge is 0.326 e. The molecule has 1 aromatic carbocycles. The van der Waals surface area contributed by atoms with Crippen LogP contribution in [0.4, 0.5) is 0 Å². The molecule has 0 aliphatic heterocycles. The van der Waals surface area contributed by atoms with E-state index in [-0.39, 0.29) is 25.7 Å². The average molecular weight is 534 g/mol. The topological polar surface area (TPSA) is 241 Å². The Balaban J connectivity index is 2.16. The molecule has 0 bridgehead atoms. The molecule has 0 fully saturated rings. The summed E-state index contributed by atoms with van der Waals surface area (Å²) in [5, 5.41) is 34.8. The van der Waals surface area contributed by atoms with Crippen LogP contribution in [0.15, 0.2) is 30.5 Å². The molecule has 2 rings (SSSR count). The van der Waals surface area contributed by atoms with Gasteiger partial charge in [0.25, 0.3) is 0 Å². The minimum atomic E-state index is -1.48. The van der Waals surface area contributed by atoms with Crippen LogP contribution in [0.1, 0.15) is 38.2 Å². The Morgan fingerprint density at radius 1 is 0.842 bits per heavy atom. The van der Waals surface area contributed by atoms with Crippen LogP contribution in [0.2, 0.25) is 0 Å². The van der Waals surface area contributed by atoms with Crippen LogP contribution in [-0.4, -0.2) is 80.1 Å². The summed E-state index contributed by atoms with van der Waals surface area (Å²) < 4.78 is 0. The number of hydrogen-bond acceptors (Lipinski definition) is 7. The fraction of sp³-hybridized carbons (Fsp3) is 0.417. The predicted octanol–water partition coefficient (Wildman–Crippen LogP) is -0.674. The summed E-state index contributed by atoms with van der Waals surface area (Å²) in [5.74, 6) is -6.20. The van der Waals surface area contributed by atoms with Crippen molar-refractivity contribution in [2.45, 2.75) is 63.2 Å². The third-order valence-electron chi connectivity index (χ3n) is 5.75. The Labute approximate surface area is 217 Å². The fourth-order valence-corrected chi connectivity index (χ4v) is 3.62. The van der Waals surface area contributed by atoms with Gasteiger partial charge in [-0.25, -0.2) is 4.79 Å². The maximum atomic E-state index is 13.1. The van der Waals surface area contributed by atoms with Crippen molar-refractivity contribution >= 4 is 46.5 Å². The van der Waals surface area contributed by atoms with E-state index >= 15 is 0 Å². The molecule has 1 aromatic heterocycles. The molecule has 3 amide bonds. The molecule has 4 atom stereocenters. The first-order chi connectivity index (χ1) is 17.9. The third-order valence-corrected chi connectivity index (χ3v) is 5.75.